The number of nitrogens with zero attached hydrogens (tertiary/aromatic N) is 3. The van der Waals surface area contributed by atoms with Crippen molar-refractivity contribution in [2.75, 3.05) is 6.61 Å². The number of ether oxygens (including phenoxy) is 1. The fourth-order valence-corrected chi connectivity index (χ4v) is 2.00. The molecule has 110 valence electrons. The van der Waals surface area contributed by atoms with E-state index in [1.807, 2.05) is 0 Å². The van der Waals surface area contributed by atoms with Gasteiger partial charge in [-0.05, 0) is 25.1 Å². The van der Waals surface area contributed by atoms with Crippen molar-refractivity contribution in [1.29, 1.82) is 0 Å². The molecule has 0 aliphatic heterocycles. The van der Waals surface area contributed by atoms with Gasteiger partial charge in [-0.1, -0.05) is 0 Å². The maximum Gasteiger partial charge on any atom is 0.435 e. The second kappa shape index (κ2) is 4.80. The summed E-state index contributed by atoms with van der Waals surface area (Å²) in [5.74, 6) is 0. The van der Waals surface area contributed by atoms with Gasteiger partial charge in [0.2, 0.25) is 0 Å². The number of imidazole rings is 1. The summed E-state index contributed by atoms with van der Waals surface area (Å²) in [4.78, 5) is 3.51. The summed E-state index contributed by atoms with van der Waals surface area (Å²) in [7, 11) is 0. The standard InChI is InChI=1S/C13H11F3N4O/c1-2-21-12-18-11(13(14,15)16)7-20(12)9-3-4-10-8(5-9)6-17-19-10/h3-7H,2H2,1H3,(H,17,19). The van der Waals surface area contributed by atoms with E-state index in [1.54, 1.807) is 31.3 Å². The summed E-state index contributed by atoms with van der Waals surface area (Å²) in [5, 5.41) is 7.45. The predicted molar refractivity (Wildman–Crippen MR) is 69.4 cm³/mol. The molecule has 0 aliphatic carbocycles. The third kappa shape index (κ3) is 2.44. The van der Waals surface area contributed by atoms with Crippen LogP contribution in [0.1, 0.15) is 12.6 Å². The summed E-state index contributed by atoms with van der Waals surface area (Å²) >= 11 is 0. The first-order chi connectivity index (χ1) is 9.99. The molecule has 0 atom stereocenters. The van der Waals surface area contributed by atoms with Gasteiger partial charge in [0.1, 0.15) is 0 Å². The van der Waals surface area contributed by atoms with Gasteiger partial charge in [0.15, 0.2) is 5.69 Å². The Morgan fingerprint density at radius 3 is 2.86 bits per heavy atom. The van der Waals surface area contributed by atoms with Crippen molar-refractivity contribution in [3.05, 3.63) is 36.3 Å². The average Bonchev–Trinajstić information content (AvgIpc) is 3.03. The largest absolute Gasteiger partial charge is 0.465 e. The van der Waals surface area contributed by atoms with Gasteiger partial charge in [-0.25, -0.2) is 0 Å². The molecule has 0 amide bonds. The molecule has 3 rings (SSSR count). The molecule has 3 aromatic rings. The molecule has 8 heteroatoms. The van der Waals surface area contributed by atoms with E-state index < -0.39 is 11.9 Å². The van der Waals surface area contributed by atoms with E-state index >= 15 is 0 Å². The van der Waals surface area contributed by atoms with Gasteiger partial charge >= 0.3 is 12.2 Å². The number of H-pyrrole nitrogens is 1. The molecule has 0 bridgehead atoms. The van der Waals surface area contributed by atoms with E-state index in [0.717, 1.165) is 17.1 Å². The van der Waals surface area contributed by atoms with Crippen molar-refractivity contribution in [1.82, 2.24) is 19.7 Å². The quantitative estimate of drug-likeness (QED) is 0.807. The molecule has 0 saturated heterocycles. The Labute approximate surface area is 117 Å². The highest BCUT2D eigenvalue weighted by Gasteiger charge is 2.35. The number of nitrogens with one attached hydrogen (secondary N) is 1. The van der Waals surface area contributed by atoms with Crippen LogP contribution in [0.15, 0.2) is 30.6 Å². The van der Waals surface area contributed by atoms with Crippen molar-refractivity contribution in [2.24, 2.45) is 0 Å². The Morgan fingerprint density at radius 1 is 1.33 bits per heavy atom. The molecule has 0 fully saturated rings. The zero-order valence-corrected chi connectivity index (χ0v) is 11.0. The lowest BCUT2D eigenvalue weighted by Gasteiger charge is -2.07. The molecule has 0 unspecified atom stereocenters. The van der Waals surface area contributed by atoms with Crippen molar-refractivity contribution in [3.8, 4) is 11.7 Å². The van der Waals surface area contributed by atoms with Gasteiger partial charge in [0.05, 0.1) is 24.0 Å². The van der Waals surface area contributed by atoms with E-state index in [4.69, 9.17) is 4.74 Å². The zero-order chi connectivity index (χ0) is 15.0. The molecule has 0 spiro atoms. The second-order valence-corrected chi connectivity index (χ2v) is 4.35. The summed E-state index contributed by atoms with van der Waals surface area (Å²) < 4.78 is 44.8. The molecule has 2 aromatic heterocycles. The van der Waals surface area contributed by atoms with Crippen molar-refractivity contribution in [3.63, 3.8) is 0 Å². The Morgan fingerprint density at radius 2 is 2.14 bits per heavy atom. The molecule has 5 nitrogen and oxygen atoms in total. The number of halogens is 3. The Hall–Kier alpha value is -2.51. The highest BCUT2D eigenvalue weighted by atomic mass is 19.4. The zero-order valence-electron chi connectivity index (χ0n) is 11.0. The number of fused-ring (bicyclic) bond motifs is 1. The Bertz CT molecular complexity index is 775. The van der Waals surface area contributed by atoms with Gasteiger partial charge in [-0.15, -0.1) is 0 Å². The van der Waals surface area contributed by atoms with Crippen LogP contribution < -0.4 is 4.74 Å². The average molecular weight is 296 g/mol. The minimum absolute atomic E-state index is 0.0901. The Balaban J connectivity index is 2.12. The normalized spacial score (nSPS) is 12.0. The second-order valence-electron chi connectivity index (χ2n) is 4.35. The van der Waals surface area contributed by atoms with E-state index in [-0.39, 0.29) is 12.6 Å². The highest BCUT2D eigenvalue weighted by Crippen LogP contribution is 2.32. The van der Waals surface area contributed by atoms with E-state index in [9.17, 15) is 13.2 Å². The van der Waals surface area contributed by atoms with Gasteiger partial charge in [0, 0.05) is 11.6 Å². The SMILES string of the molecule is CCOc1nc(C(F)(F)F)cn1-c1ccc2[nH]ncc2c1. The maximum atomic E-state index is 12.8. The first-order valence-electron chi connectivity index (χ1n) is 6.22. The number of aromatic amines is 1. The third-order valence-corrected chi connectivity index (χ3v) is 2.94. The summed E-state index contributed by atoms with van der Waals surface area (Å²) in [6.07, 6.45) is -2.00. The number of alkyl halides is 3. The van der Waals surface area contributed by atoms with Gasteiger partial charge in [0.25, 0.3) is 0 Å². The van der Waals surface area contributed by atoms with Gasteiger partial charge in [-0.3, -0.25) is 9.67 Å². The smallest absolute Gasteiger partial charge is 0.435 e. The molecular weight excluding hydrogens is 285 g/mol. The minimum atomic E-state index is -4.52. The van der Waals surface area contributed by atoms with Crippen LogP contribution in [0.2, 0.25) is 0 Å². The van der Waals surface area contributed by atoms with Crippen LogP contribution in [0.5, 0.6) is 6.01 Å². The molecule has 2 heterocycles. The first kappa shape index (κ1) is 13.5. The lowest BCUT2D eigenvalue weighted by molar-refractivity contribution is -0.141. The van der Waals surface area contributed by atoms with Crippen molar-refractivity contribution < 1.29 is 17.9 Å². The summed E-state index contributed by atoms with van der Waals surface area (Å²) in [6, 6.07) is 5.03. The first-order valence-corrected chi connectivity index (χ1v) is 6.22. The van der Waals surface area contributed by atoms with E-state index in [2.05, 4.69) is 15.2 Å². The number of aromatic nitrogens is 4. The number of hydrogen-bond acceptors (Lipinski definition) is 3. The van der Waals surface area contributed by atoms with Crippen LogP contribution in [0.3, 0.4) is 0 Å². The monoisotopic (exact) mass is 296 g/mol. The van der Waals surface area contributed by atoms with Crippen molar-refractivity contribution >= 4 is 10.9 Å². The van der Waals surface area contributed by atoms with E-state index in [0.29, 0.717) is 5.69 Å². The van der Waals surface area contributed by atoms with Gasteiger partial charge in [-0.2, -0.15) is 23.3 Å². The third-order valence-electron chi connectivity index (χ3n) is 2.94. The number of benzene rings is 1. The molecule has 1 N–H and O–H groups in total. The van der Waals surface area contributed by atoms with Gasteiger partial charge < -0.3 is 4.74 Å². The van der Waals surface area contributed by atoms with Crippen molar-refractivity contribution in [2.45, 2.75) is 13.1 Å². The topological polar surface area (TPSA) is 55.7 Å². The highest BCUT2D eigenvalue weighted by molar-refractivity contribution is 5.80. The van der Waals surface area contributed by atoms with Crippen LogP contribution in [-0.4, -0.2) is 26.4 Å². The molecule has 21 heavy (non-hydrogen) atoms. The molecule has 1 aromatic carbocycles. The number of hydrogen-bond donors (Lipinski definition) is 1. The lowest BCUT2D eigenvalue weighted by atomic mass is 10.2. The predicted octanol–water partition coefficient (Wildman–Crippen LogP) is 3.17. The molecule has 0 saturated carbocycles. The molecule has 0 aliphatic rings. The van der Waals surface area contributed by atoms with Crippen LogP contribution in [0, 0.1) is 0 Å². The fraction of sp³-hybridized carbons (Fsp3) is 0.231. The molecular formula is C13H11F3N4O. The van der Waals surface area contributed by atoms with Crippen LogP contribution in [0.25, 0.3) is 16.6 Å². The van der Waals surface area contributed by atoms with Crippen LogP contribution in [-0.2, 0) is 6.18 Å². The summed E-state index contributed by atoms with van der Waals surface area (Å²) in [5.41, 5.74) is 0.335. The lowest BCUT2D eigenvalue weighted by Crippen LogP contribution is -2.05. The Kier molecular flexibility index (Phi) is 3.08. The van der Waals surface area contributed by atoms with Crippen LogP contribution >= 0.6 is 0 Å². The molecule has 0 radical (unpaired) electrons. The summed E-state index contributed by atoms with van der Waals surface area (Å²) in [6.45, 7) is 1.91. The van der Waals surface area contributed by atoms with E-state index in [1.165, 1.54) is 4.57 Å². The van der Waals surface area contributed by atoms with Crippen LogP contribution in [0.4, 0.5) is 13.2 Å². The minimum Gasteiger partial charge on any atom is -0.465 e. The number of rotatable bonds is 3. The maximum absolute atomic E-state index is 12.8. The fourth-order valence-electron chi connectivity index (χ4n) is 2.00.